The maximum atomic E-state index is 11.8. The molecule has 22 heteroatoms. The molecule has 0 bridgehead atoms. The van der Waals surface area contributed by atoms with Crippen LogP contribution in [0.4, 0.5) is 0 Å². The summed E-state index contributed by atoms with van der Waals surface area (Å²) in [4.78, 5) is 11.8. The van der Waals surface area contributed by atoms with Crippen LogP contribution in [0.15, 0.2) is 0 Å². The molecule has 1 fully saturated rings. The first-order chi connectivity index (χ1) is 43.7. The molecule has 0 aromatic heterocycles. The summed E-state index contributed by atoms with van der Waals surface area (Å²) in [6.07, 6.45) is 19.5. The summed E-state index contributed by atoms with van der Waals surface area (Å²) in [5.74, 6) is -0.0680. The summed E-state index contributed by atoms with van der Waals surface area (Å²) < 4.78 is 118. The molecule has 88 heavy (non-hydrogen) atoms. The number of ether oxygens (including phenoxy) is 21. The highest BCUT2D eigenvalue weighted by atomic mass is 16.6. The first-order valence-electron chi connectivity index (χ1n) is 34.3. The topological polar surface area (TPSA) is 211 Å². The van der Waals surface area contributed by atoms with Crippen LogP contribution in [0.1, 0.15) is 148 Å². The fourth-order valence-electron chi connectivity index (χ4n) is 7.87. The van der Waals surface area contributed by atoms with Gasteiger partial charge in [-0.3, -0.25) is 4.79 Å². The Hall–Kier alpha value is -1.33. The Labute approximate surface area is 533 Å². The van der Waals surface area contributed by atoms with Crippen LogP contribution in [0.2, 0.25) is 0 Å². The second kappa shape index (κ2) is 74.7. The highest BCUT2D eigenvalue weighted by Crippen LogP contribution is 2.46. The smallest absolute Gasteiger partial charge is 0.311 e. The third-order valence-corrected chi connectivity index (χ3v) is 13.2. The van der Waals surface area contributed by atoms with E-state index in [2.05, 4.69) is 0 Å². The predicted octanol–water partition coefficient (Wildman–Crippen LogP) is 9.09. The van der Waals surface area contributed by atoms with Gasteiger partial charge in [0, 0.05) is 271 Å². The molecular weight excluding hydrogens is 1140 g/mol. The summed E-state index contributed by atoms with van der Waals surface area (Å²) in [5, 5.41) is 0. The van der Waals surface area contributed by atoms with Crippen LogP contribution in [0.5, 0.6) is 0 Å². The highest BCUT2D eigenvalue weighted by Gasteiger charge is 2.46. The van der Waals surface area contributed by atoms with Gasteiger partial charge in [0.2, 0.25) is 0 Å². The van der Waals surface area contributed by atoms with E-state index in [1.54, 1.807) is 7.11 Å². The molecule has 22 nitrogen and oxygen atoms in total. The lowest BCUT2D eigenvalue weighted by Crippen LogP contribution is -2.17. The lowest BCUT2D eigenvalue weighted by molar-refractivity contribution is -0.149. The van der Waals surface area contributed by atoms with Gasteiger partial charge < -0.3 is 99.5 Å². The molecule has 0 saturated heterocycles. The zero-order valence-electron chi connectivity index (χ0n) is 55.8. The minimum absolute atomic E-state index is 0.0680. The van der Waals surface area contributed by atoms with Crippen LogP contribution in [0.25, 0.3) is 0 Å². The highest BCUT2D eigenvalue weighted by molar-refractivity contribution is 5.79. The van der Waals surface area contributed by atoms with E-state index in [1.165, 1.54) is 0 Å². The van der Waals surface area contributed by atoms with E-state index in [1.807, 2.05) is 6.92 Å². The molecule has 0 atom stereocenters. The maximum absolute atomic E-state index is 11.8. The Kier molecular flexibility index (Phi) is 71.9. The van der Waals surface area contributed by atoms with Crippen molar-refractivity contribution in [1.29, 1.82) is 0 Å². The van der Waals surface area contributed by atoms with E-state index in [-0.39, 0.29) is 11.4 Å². The standard InChI is InChI=1S/C66H130O22/c1-66(23-24-66)65(67)88-64-22-63-87-62-21-61-86-60-20-59-85-58-19-57-84-56-18-55-83-54-17-53-82-52-16-51-81-50-15-49-80-48-14-47-79-46-13-45-78-44-12-43-77-42-11-41-76-40-10-39-75-38-9-37-74-36-8-35-73-34-7-33-72-32-6-31-71-30-5-29-70-28-4-27-69-26-3-25-68-2/h3-64H2,1-2H3. The average Bonchev–Trinajstić information content (AvgIpc) is 4.29. The van der Waals surface area contributed by atoms with E-state index in [9.17, 15) is 4.79 Å². The van der Waals surface area contributed by atoms with Gasteiger partial charge in [0.25, 0.3) is 0 Å². The van der Waals surface area contributed by atoms with E-state index < -0.39 is 0 Å². The molecule has 0 N–H and O–H groups in total. The fraction of sp³-hybridized carbons (Fsp3) is 0.985. The molecule has 0 radical (unpaired) electrons. The van der Waals surface area contributed by atoms with E-state index in [4.69, 9.17) is 99.5 Å². The molecule has 0 aromatic carbocycles. The molecule has 0 aliphatic heterocycles. The molecule has 1 rings (SSSR count). The van der Waals surface area contributed by atoms with Crippen LogP contribution in [-0.4, -0.2) is 277 Å². The normalized spacial score (nSPS) is 12.9. The van der Waals surface area contributed by atoms with Gasteiger partial charge >= 0.3 is 5.97 Å². The Morgan fingerprint density at radius 3 is 0.432 bits per heavy atom. The van der Waals surface area contributed by atoms with Crippen LogP contribution in [0, 0.1) is 5.41 Å². The van der Waals surface area contributed by atoms with Crippen LogP contribution in [0.3, 0.4) is 0 Å². The molecule has 1 aliphatic rings. The Bertz CT molecular complexity index is 1310. The predicted molar refractivity (Wildman–Crippen MR) is 338 cm³/mol. The summed E-state index contributed by atoms with van der Waals surface area (Å²) in [6, 6.07) is 0. The average molecular weight is 1280 g/mol. The Balaban J connectivity index is 1.58. The molecule has 0 heterocycles. The molecule has 0 unspecified atom stereocenters. The van der Waals surface area contributed by atoms with Crippen molar-refractivity contribution < 1.29 is 104 Å². The number of carbonyl (C=O) groups is 1. The van der Waals surface area contributed by atoms with Crippen molar-refractivity contribution in [3.05, 3.63) is 0 Å². The number of methoxy groups -OCH3 is 1. The van der Waals surface area contributed by atoms with Gasteiger partial charge in [-0.25, -0.2) is 0 Å². The Morgan fingerprint density at radius 2 is 0.318 bits per heavy atom. The van der Waals surface area contributed by atoms with E-state index in [0.717, 1.165) is 174 Å². The van der Waals surface area contributed by atoms with Crippen molar-refractivity contribution in [3.8, 4) is 0 Å². The van der Waals surface area contributed by atoms with Gasteiger partial charge in [-0.2, -0.15) is 0 Å². The lowest BCUT2D eigenvalue weighted by Gasteiger charge is -2.09. The molecule has 0 spiro atoms. The fourth-order valence-corrected chi connectivity index (χ4v) is 7.87. The number of carbonyl (C=O) groups excluding carboxylic acids is 1. The zero-order chi connectivity index (χ0) is 62.8. The lowest BCUT2D eigenvalue weighted by atomic mass is 10.1. The van der Waals surface area contributed by atoms with Gasteiger partial charge in [0.15, 0.2) is 0 Å². The van der Waals surface area contributed by atoms with Crippen LogP contribution < -0.4 is 0 Å². The summed E-state index contributed by atoms with van der Waals surface area (Å²) in [7, 11) is 1.71. The molecule has 0 amide bonds. The summed E-state index contributed by atoms with van der Waals surface area (Å²) >= 11 is 0. The molecule has 1 aliphatic carbocycles. The maximum Gasteiger partial charge on any atom is 0.311 e. The van der Waals surface area contributed by atoms with Crippen molar-refractivity contribution in [2.75, 3.05) is 271 Å². The number of hydrogen-bond donors (Lipinski definition) is 0. The second-order valence-electron chi connectivity index (χ2n) is 21.9. The largest absolute Gasteiger partial charge is 0.465 e. The summed E-state index contributed by atoms with van der Waals surface area (Å²) in [6.45, 7) is 29.7. The van der Waals surface area contributed by atoms with Gasteiger partial charge in [0.05, 0.1) is 12.0 Å². The molecular formula is C66H130O22. The van der Waals surface area contributed by atoms with Crippen molar-refractivity contribution in [3.63, 3.8) is 0 Å². The third kappa shape index (κ3) is 70.5. The first kappa shape index (κ1) is 84.7. The minimum atomic E-state index is -0.213. The van der Waals surface area contributed by atoms with Crippen molar-refractivity contribution in [2.24, 2.45) is 5.41 Å². The van der Waals surface area contributed by atoms with Crippen molar-refractivity contribution in [2.45, 2.75) is 148 Å². The number of esters is 1. The Morgan fingerprint density at radius 1 is 0.205 bits per heavy atom. The van der Waals surface area contributed by atoms with Gasteiger partial charge in [0.1, 0.15) is 0 Å². The van der Waals surface area contributed by atoms with Gasteiger partial charge in [-0.05, 0) is 142 Å². The first-order valence-corrected chi connectivity index (χ1v) is 34.3. The van der Waals surface area contributed by atoms with Crippen LogP contribution in [-0.2, 0) is 104 Å². The number of hydrogen-bond acceptors (Lipinski definition) is 22. The quantitative estimate of drug-likeness (QED) is 0.0410. The van der Waals surface area contributed by atoms with Gasteiger partial charge in [-0.15, -0.1) is 0 Å². The molecule has 0 aromatic rings. The molecule has 526 valence electrons. The van der Waals surface area contributed by atoms with Crippen molar-refractivity contribution >= 4 is 5.97 Å². The molecule has 1 saturated carbocycles. The second-order valence-corrected chi connectivity index (χ2v) is 21.9. The minimum Gasteiger partial charge on any atom is -0.465 e. The SMILES string of the molecule is COCCCOCCCOCCCOCCCOCCCOCCCOCCCOCCCOCCCOCCCOCCCOCCCOCCCOCCCOCCCOCCCOCCCOCCCOCCCOCCCOC(=O)C1(C)CC1. The number of rotatable bonds is 81. The van der Waals surface area contributed by atoms with Crippen LogP contribution >= 0.6 is 0 Å². The van der Waals surface area contributed by atoms with E-state index in [0.29, 0.717) is 231 Å². The zero-order valence-corrected chi connectivity index (χ0v) is 55.8. The van der Waals surface area contributed by atoms with Gasteiger partial charge in [-0.1, -0.05) is 0 Å². The summed E-state index contributed by atoms with van der Waals surface area (Å²) in [5.41, 5.74) is -0.213. The monoisotopic (exact) mass is 1270 g/mol. The third-order valence-electron chi connectivity index (χ3n) is 13.2. The van der Waals surface area contributed by atoms with Crippen molar-refractivity contribution in [1.82, 2.24) is 0 Å². The van der Waals surface area contributed by atoms with E-state index >= 15 is 0 Å².